The zero-order valence-electron chi connectivity index (χ0n) is 10.5. The highest BCUT2D eigenvalue weighted by molar-refractivity contribution is 5.80. The summed E-state index contributed by atoms with van der Waals surface area (Å²) in [6, 6.07) is 7.47. The van der Waals surface area contributed by atoms with Crippen LogP contribution in [0.1, 0.15) is 12.6 Å². The Bertz CT molecular complexity index is 555. The predicted molar refractivity (Wildman–Crippen MR) is 69.9 cm³/mol. The molecule has 0 aliphatic carbocycles. The van der Waals surface area contributed by atoms with Crippen molar-refractivity contribution in [3.8, 4) is 0 Å². The number of aromatic nitrogens is 2. The maximum Gasteiger partial charge on any atom is 0.236 e. The van der Waals surface area contributed by atoms with E-state index in [1.54, 1.807) is 13.2 Å². The van der Waals surface area contributed by atoms with E-state index in [0.29, 0.717) is 6.54 Å². The number of fused-ring (bicyclic) bond motifs is 1. The summed E-state index contributed by atoms with van der Waals surface area (Å²) in [7, 11) is 1.62. The van der Waals surface area contributed by atoms with E-state index in [2.05, 4.69) is 20.6 Å². The maximum absolute atomic E-state index is 11.3. The minimum atomic E-state index is -0.247. The smallest absolute Gasteiger partial charge is 0.236 e. The van der Waals surface area contributed by atoms with Gasteiger partial charge in [0, 0.05) is 13.6 Å². The highest BCUT2D eigenvalue weighted by atomic mass is 16.2. The summed E-state index contributed by atoms with van der Waals surface area (Å²) in [5.74, 6) is -0.0382. The van der Waals surface area contributed by atoms with Gasteiger partial charge in [-0.15, -0.1) is 0 Å². The van der Waals surface area contributed by atoms with E-state index in [0.717, 1.165) is 16.7 Å². The third kappa shape index (κ3) is 2.81. The Morgan fingerprint density at radius 1 is 1.33 bits per heavy atom. The van der Waals surface area contributed by atoms with Gasteiger partial charge in [0.1, 0.15) is 0 Å². The molecule has 0 spiro atoms. The summed E-state index contributed by atoms with van der Waals surface area (Å²) in [6.45, 7) is 2.33. The SMILES string of the molecule is CNC(=O)C(C)NCc1cnc2ccccc2n1. The molecule has 0 saturated heterocycles. The summed E-state index contributed by atoms with van der Waals surface area (Å²) >= 11 is 0. The van der Waals surface area contributed by atoms with Crippen molar-refractivity contribution in [3.05, 3.63) is 36.2 Å². The van der Waals surface area contributed by atoms with Crippen LogP contribution in [0.5, 0.6) is 0 Å². The van der Waals surface area contributed by atoms with Crippen molar-refractivity contribution in [2.45, 2.75) is 19.5 Å². The quantitative estimate of drug-likeness (QED) is 0.837. The fraction of sp³-hybridized carbons (Fsp3) is 0.308. The lowest BCUT2D eigenvalue weighted by molar-refractivity contribution is -0.122. The molecule has 1 heterocycles. The monoisotopic (exact) mass is 244 g/mol. The van der Waals surface area contributed by atoms with Gasteiger partial charge in [-0.1, -0.05) is 12.1 Å². The van der Waals surface area contributed by atoms with Crippen LogP contribution in [-0.4, -0.2) is 29.0 Å². The topological polar surface area (TPSA) is 66.9 Å². The molecule has 1 aromatic carbocycles. The number of carbonyl (C=O) groups excluding carboxylic acids is 1. The lowest BCUT2D eigenvalue weighted by Crippen LogP contribution is -2.40. The summed E-state index contributed by atoms with van der Waals surface area (Å²) in [4.78, 5) is 20.1. The molecule has 94 valence electrons. The molecule has 0 bridgehead atoms. The molecule has 2 N–H and O–H groups in total. The minimum Gasteiger partial charge on any atom is -0.358 e. The van der Waals surface area contributed by atoms with Gasteiger partial charge in [0.15, 0.2) is 0 Å². The van der Waals surface area contributed by atoms with Crippen molar-refractivity contribution < 1.29 is 4.79 Å². The Morgan fingerprint density at radius 3 is 2.78 bits per heavy atom. The van der Waals surface area contributed by atoms with Crippen molar-refractivity contribution in [2.75, 3.05) is 7.05 Å². The number of benzene rings is 1. The van der Waals surface area contributed by atoms with E-state index in [4.69, 9.17) is 0 Å². The highest BCUT2D eigenvalue weighted by Gasteiger charge is 2.10. The number of hydrogen-bond acceptors (Lipinski definition) is 4. The lowest BCUT2D eigenvalue weighted by atomic mass is 10.2. The number of likely N-dealkylation sites (N-methyl/N-ethyl adjacent to an activating group) is 1. The van der Waals surface area contributed by atoms with E-state index >= 15 is 0 Å². The molecule has 2 aromatic rings. The van der Waals surface area contributed by atoms with Crippen molar-refractivity contribution in [3.63, 3.8) is 0 Å². The van der Waals surface area contributed by atoms with Gasteiger partial charge in [-0.25, -0.2) is 4.98 Å². The molecule has 1 atom stereocenters. The lowest BCUT2D eigenvalue weighted by Gasteiger charge is -2.11. The second-order valence-corrected chi connectivity index (χ2v) is 4.07. The van der Waals surface area contributed by atoms with Crippen LogP contribution in [0.3, 0.4) is 0 Å². The zero-order valence-corrected chi connectivity index (χ0v) is 10.5. The van der Waals surface area contributed by atoms with E-state index in [9.17, 15) is 4.79 Å². The normalized spacial score (nSPS) is 12.3. The molecule has 1 amide bonds. The predicted octanol–water partition coefficient (Wildman–Crippen LogP) is 0.854. The molecule has 1 unspecified atom stereocenters. The Morgan fingerprint density at radius 2 is 2.06 bits per heavy atom. The maximum atomic E-state index is 11.3. The Labute approximate surface area is 106 Å². The van der Waals surface area contributed by atoms with Crippen LogP contribution < -0.4 is 10.6 Å². The van der Waals surface area contributed by atoms with Crippen molar-refractivity contribution >= 4 is 16.9 Å². The third-order valence-electron chi connectivity index (χ3n) is 2.73. The first-order chi connectivity index (χ1) is 8.70. The first-order valence-corrected chi connectivity index (χ1v) is 5.86. The van der Waals surface area contributed by atoms with Gasteiger partial charge < -0.3 is 10.6 Å². The second-order valence-electron chi connectivity index (χ2n) is 4.07. The third-order valence-corrected chi connectivity index (χ3v) is 2.73. The van der Waals surface area contributed by atoms with E-state index in [1.807, 2.05) is 31.2 Å². The zero-order chi connectivity index (χ0) is 13.0. The summed E-state index contributed by atoms with van der Waals surface area (Å²) < 4.78 is 0. The van der Waals surface area contributed by atoms with Gasteiger partial charge in [0.2, 0.25) is 5.91 Å². The van der Waals surface area contributed by atoms with Crippen LogP contribution in [0.4, 0.5) is 0 Å². The van der Waals surface area contributed by atoms with Crippen LogP contribution in [0.15, 0.2) is 30.5 Å². The van der Waals surface area contributed by atoms with Crippen LogP contribution in [0.2, 0.25) is 0 Å². The average Bonchev–Trinajstić information content (AvgIpc) is 2.43. The van der Waals surface area contributed by atoms with Gasteiger partial charge >= 0.3 is 0 Å². The molecular formula is C13H16N4O. The molecule has 0 aliphatic rings. The van der Waals surface area contributed by atoms with Crippen LogP contribution in [0, 0.1) is 0 Å². The van der Waals surface area contributed by atoms with Crippen LogP contribution >= 0.6 is 0 Å². The molecule has 18 heavy (non-hydrogen) atoms. The largest absolute Gasteiger partial charge is 0.358 e. The summed E-state index contributed by atoms with van der Waals surface area (Å²) in [5.41, 5.74) is 2.56. The van der Waals surface area contributed by atoms with Gasteiger partial charge in [0.25, 0.3) is 0 Å². The van der Waals surface area contributed by atoms with Gasteiger partial charge in [-0.05, 0) is 19.1 Å². The molecule has 5 nitrogen and oxygen atoms in total. The van der Waals surface area contributed by atoms with E-state index in [1.165, 1.54) is 0 Å². The summed E-state index contributed by atoms with van der Waals surface area (Å²) in [6.07, 6.45) is 1.73. The standard InChI is InChI=1S/C13H16N4O/c1-9(13(18)14-2)15-7-10-8-16-11-5-3-4-6-12(11)17-10/h3-6,8-9,15H,7H2,1-2H3,(H,14,18). The number of nitrogens with one attached hydrogen (secondary N) is 2. The van der Waals surface area contributed by atoms with Crippen molar-refractivity contribution in [2.24, 2.45) is 0 Å². The molecular weight excluding hydrogens is 228 g/mol. The first-order valence-electron chi connectivity index (χ1n) is 5.86. The summed E-state index contributed by atoms with van der Waals surface area (Å²) in [5, 5.41) is 5.69. The molecule has 1 aromatic heterocycles. The molecule has 0 aliphatic heterocycles. The molecule has 0 fully saturated rings. The van der Waals surface area contributed by atoms with Crippen LogP contribution in [-0.2, 0) is 11.3 Å². The van der Waals surface area contributed by atoms with Gasteiger partial charge in [-0.3, -0.25) is 9.78 Å². The molecule has 5 heteroatoms. The number of carbonyl (C=O) groups is 1. The van der Waals surface area contributed by atoms with Gasteiger partial charge in [0.05, 0.1) is 29.0 Å². The number of nitrogens with zero attached hydrogens (tertiary/aromatic N) is 2. The van der Waals surface area contributed by atoms with Crippen LogP contribution in [0.25, 0.3) is 11.0 Å². The Balaban J connectivity index is 2.06. The fourth-order valence-electron chi connectivity index (χ4n) is 1.65. The Hall–Kier alpha value is -2.01. The number of amides is 1. The molecule has 0 radical (unpaired) electrons. The number of para-hydroxylation sites is 2. The fourth-order valence-corrected chi connectivity index (χ4v) is 1.65. The minimum absolute atomic E-state index is 0.0382. The first kappa shape index (κ1) is 12.4. The Kier molecular flexibility index (Phi) is 3.84. The van der Waals surface area contributed by atoms with E-state index < -0.39 is 0 Å². The van der Waals surface area contributed by atoms with Crippen molar-refractivity contribution in [1.29, 1.82) is 0 Å². The number of rotatable bonds is 4. The highest BCUT2D eigenvalue weighted by Crippen LogP contribution is 2.08. The number of hydrogen-bond donors (Lipinski definition) is 2. The average molecular weight is 244 g/mol. The van der Waals surface area contributed by atoms with Crippen molar-refractivity contribution in [1.82, 2.24) is 20.6 Å². The second kappa shape index (κ2) is 5.55. The molecule has 0 saturated carbocycles. The molecule has 2 rings (SSSR count). The van der Waals surface area contributed by atoms with E-state index in [-0.39, 0.29) is 11.9 Å². The van der Waals surface area contributed by atoms with Gasteiger partial charge in [-0.2, -0.15) is 0 Å².